The molecule has 0 amide bonds. The molecule has 1 atom stereocenters. The fourth-order valence-corrected chi connectivity index (χ4v) is 2.87. The van der Waals surface area contributed by atoms with E-state index in [-0.39, 0.29) is 6.04 Å². The molecule has 0 spiro atoms. The summed E-state index contributed by atoms with van der Waals surface area (Å²) in [6.45, 7) is 3.77. The maximum atomic E-state index is 8.93. The van der Waals surface area contributed by atoms with Gasteiger partial charge in [0.05, 0.1) is 18.2 Å². The minimum Gasteiger partial charge on any atom is -0.329 e. The Kier molecular flexibility index (Phi) is 5.27. The summed E-state index contributed by atoms with van der Waals surface area (Å²) >= 11 is 0. The third-order valence-corrected chi connectivity index (χ3v) is 4.57. The molecule has 0 bridgehead atoms. The molecule has 0 aliphatic heterocycles. The van der Waals surface area contributed by atoms with Crippen molar-refractivity contribution in [1.82, 2.24) is 14.5 Å². The third-order valence-electron chi connectivity index (χ3n) is 4.57. The van der Waals surface area contributed by atoms with Gasteiger partial charge in [-0.1, -0.05) is 42.5 Å². The Hall–Kier alpha value is -2.90. The van der Waals surface area contributed by atoms with Gasteiger partial charge in [-0.2, -0.15) is 5.26 Å². The van der Waals surface area contributed by atoms with Crippen LogP contribution in [0.4, 0.5) is 0 Å². The maximum Gasteiger partial charge on any atom is 0.123 e. The monoisotopic (exact) mass is 330 g/mol. The molecule has 25 heavy (non-hydrogen) atoms. The maximum absolute atomic E-state index is 8.93. The molecule has 4 nitrogen and oxygen atoms in total. The van der Waals surface area contributed by atoms with Gasteiger partial charge in [0.25, 0.3) is 0 Å². The molecule has 0 radical (unpaired) electrons. The molecule has 3 rings (SSSR count). The van der Waals surface area contributed by atoms with E-state index in [0.29, 0.717) is 5.56 Å². The van der Waals surface area contributed by atoms with Crippen LogP contribution in [0, 0.1) is 11.3 Å². The molecule has 2 aromatic carbocycles. The average molecular weight is 330 g/mol. The molecule has 1 heterocycles. The Balaban J connectivity index is 1.69. The van der Waals surface area contributed by atoms with Crippen molar-refractivity contribution >= 4 is 0 Å². The van der Waals surface area contributed by atoms with Crippen molar-refractivity contribution in [3.63, 3.8) is 0 Å². The number of nitriles is 1. The van der Waals surface area contributed by atoms with Crippen molar-refractivity contribution in [1.29, 1.82) is 5.26 Å². The van der Waals surface area contributed by atoms with Gasteiger partial charge < -0.3 is 4.57 Å². The first-order chi connectivity index (χ1) is 12.2. The average Bonchev–Trinajstić information content (AvgIpc) is 3.08. The number of aromatic nitrogens is 2. The molecule has 4 heteroatoms. The SMILES string of the molecule is CC(c1ccc(C#N)cc1)N(C)Cc1nccn1Cc1ccccc1. The predicted octanol–water partition coefficient (Wildman–Crippen LogP) is 4.00. The fourth-order valence-electron chi connectivity index (χ4n) is 2.87. The van der Waals surface area contributed by atoms with Crippen molar-refractivity contribution in [3.05, 3.63) is 89.5 Å². The minimum absolute atomic E-state index is 0.245. The Morgan fingerprint density at radius 3 is 2.52 bits per heavy atom. The van der Waals surface area contributed by atoms with Gasteiger partial charge >= 0.3 is 0 Å². The van der Waals surface area contributed by atoms with Gasteiger partial charge in [0.1, 0.15) is 5.82 Å². The van der Waals surface area contributed by atoms with E-state index < -0.39 is 0 Å². The quantitative estimate of drug-likeness (QED) is 0.686. The third kappa shape index (κ3) is 4.14. The lowest BCUT2D eigenvalue weighted by Gasteiger charge is -2.25. The van der Waals surface area contributed by atoms with Gasteiger partial charge in [-0.15, -0.1) is 0 Å². The van der Waals surface area contributed by atoms with Gasteiger partial charge in [-0.05, 0) is 37.2 Å². The van der Waals surface area contributed by atoms with Crippen LogP contribution in [0.3, 0.4) is 0 Å². The van der Waals surface area contributed by atoms with E-state index in [1.165, 1.54) is 11.1 Å². The Labute approximate surface area is 149 Å². The number of hydrogen-bond donors (Lipinski definition) is 0. The summed E-state index contributed by atoms with van der Waals surface area (Å²) in [4.78, 5) is 6.80. The normalized spacial score (nSPS) is 12.1. The number of benzene rings is 2. The van der Waals surface area contributed by atoms with Crippen LogP contribution in [0.5, 0.6) is 0 Å². The Morgan fingerprint density at radius 1 is 1.12 bits per heavy atom. The van der Waals surface area contributed by atoms with E-state index >= 15 is 0 Å². The molecule has 1 unspecified atom stereocenters. The second-order valence-electron chi connectivity index (χ2n) is 6.28. The van der Waals surface area contributed by atoms with Crippen LogP contribution >= 0.6 is 0 Å². The Bertz CT molecular complexity index is 844. The van der Waals surface area contributed by atoms with Crippen LogP contribution in [-0.2, 0) is 13.1 Å². The van der Waals surface area contributed by atoms with Crippen molar-refractivity contribution in [2.24, 2.45) is 0 Å². The fraction of sp³-hybridized carbons (Fsp3) is 0.238. The van der Waals surface area contributed by atoms with E-state index in [0.717, 1.165) is 18.9 Å². The number of hydrogen-bond acceptors (Lipinski definition) is 3. The van der Waals surface area contributed by atoms with E-state index in [9.17, 15) is 0 Å². The van der Waals surface area contributed by atoms with E-state index in [4.69, 9.17) is 5.26 Å². The van der Waals surface area contributed by atoms with Crippen molar-refractivity contribution in [2.45, 2.75) is 26.1 Å². The Morgan fingerprint density at radius 2 is 1.84 bits per heavy atom. The summed E-state index contributed by atoms with van der Waals surface area (Å²) in [6.07, 6.45) is 3.89. The molecule has 0 saturated carbocycles. The summed E-state index contributed by atoms with van der Waals surface area (Å²) in [7, 11) is 2.10. The number of nitrogens with zero attached hydrogens (tertiary/aromatic N) is 4. The highest BCUT2D eigenvalue weighted by atomic mass is 15.2. The van der Waals surface area contributed by atoms with Crippen LogP contribution < -0.4 is 0 Å². The molecule has 3 aromatic rings. The van der Waals surface area contributed by atoms with Crippen LogP contribution in [0.25, 0.3) is 0 Å². The lowest BCUT2D eigenvalue weighted by atomic mass is 10.1. The van der Waals surface area contributed by atoms with Crippen LogP contribution in [-0.4, -0.2) is 21.5 Å². The molecule has 0 aliphatic rings. The molecule has 0 saturated heterocycles. The van der Waals surface area contributed by atoms with Crippen molar-refractivity contribution in [2.75, 3.05) is 7.05 Å². The van der Waals surface area contributed by atoms with Gasteiger partial charge in [0.15, 0.2) is 0 Å². The second-order valence-corrected chi connectivity index (χ2v) is 6.28. The largest absolute Gasteiger partial charge is 0.329 e. The molecular formula is C21H22N4. The van der Waals surface area contributed by atoms with E-state index in [1.54, 1.807) is 0 Å². The summed E-state index contributed by atoms with van der Waals surface area (Å²) in [5, 5.41) is 8.93. The van der Waals surface area contributed by atoms with Crippen molar-refractivity contribution < 1.29 is 0 Å². The highest BCUT2D eigenvalue weighted by Crippen LogP contribution is 2.21. The summed E-state index contributed by atoms with van der Waals surface area (Å²) < 4.78 is 2.19. The first-order valence-corrected chi connectivity index (χ1v) is 8.41. The van der Waals surface area contributed by atoms with Gasteiger partial charge in [0.2, 0.25) is 0 Å². The lowest BCUT2D eigenvalue weighted by molar-refractivity contribution is 0.244. The standard InChI is InChI=1S/C21H22N4/c1-17(20-10-8-18(14-22)9-11-20)24(2)16-21-23-12-13-25(21)15-19-6-4-3-5-7-19/h3-13,17H,15-16H2,1-2H3. The zero-order chi connectivity index (χ0) is 17.6. The topological polar surface area (TPSA) is 44.9 Å². The molecule has 1 aromatic heterocycles. The first-order valence-electron chi connectivity index (χ1n) is 8.41. The number of rotatable bonds is 6. The van der Waals surface area contributed by atoms with Crippen LogP contribution in [0.1, 0.15) is 35.5 Å². The summed E-state index contributed by atoms with van der Waals surface area (Å²) in [5.41, 5.74) is 3.16. The van der Waals surface area contributed by atoms with Gasteiger partial charge in [-0.25, -0.2) is 4.98 Å². The van der Waals surface area contributed by atoms with Gasteiger partial charge in [-0.3, -0.25) is 4.90 Å². The first kappa shape index (κ1) is 16.9. The molecule has 126 valence electrons. The van der Waals surface area contributed by atoms with Crippen LogP contribution in [0.15, 0.2) is 67.0 Å². The van der Waals surface area contributed by atoms with Gasteiger partial charge in [0, 0.05) is 25.0 Å². The molecule has 0 N–H and O–H groups in total. The van der Waals surface area contributed by atoms with E-state index in [2.05, 4.69) is 58.8 Å². The zero-order valence-electron chi connectivity index (χ0n) is 14.6. The summed E-state index contributed by atoms with van der Waals surface area (Å²) in [5.74, 6) is 1.05. The highest BCUT2D eigenvalue weighted by Gasteiger charge is 2.14. The van der Waals surface area contributed by atoms with Crippen molar-refractivity contribution in [3.8, 4) is 6.07 Å². The highest BCUT2D eigenvalue weighted by molar-refractivity contribution is 5.32. The number of imidazole rings is 1. The molecule has 0 aliphatic carbocycles. The lowest BCUT2D eigenvalue weighted by Crippen LogP contribution is -2.24. The predicted molar refractivity (Wildman–Crippen MR) is 98.8 cm³/mol. The minimum atomic E-state index is 0.245. The van der Waals surface area contributed by atoms with E-state index in [1.807, 2.05) is 42.7 Å². The second kappa shape index (κ2) is 7.78. The zero-order valence-corrected chi connectivity index (χ0v) is 14.6. The smallest absolute Gasteiger partial charge is 0.123 e. The van der Waals surface area contributed by atoms with Crippen LogP contribution in [0.2, 0.25) is 0 Å². The molecular weight excluding hydrogens is 308 g/mol. The molecule has 0 fully saturated rings. The summed E-state index contributed by atoms with van der Waals surface area (Å²) in [6, 6.07) is 20.6.